The zero-order valence-electron chi connectivity index (χ0n) is 9.55. The number of carbonyl (C=O) groups is 1. The second kappa shape index (κ2) is 6.46. The topological polar surface area (TPSA) is 73.1 Å². The predicted octanol–water partition coefficient (Wildman–Crippen LogP) is 1.07. The molecule has 0 radical (unpaired) electrons. The maximum atomic E-state index is 11.3. The summed E-state index contributed by atoms with van der Waals surface area (Å²) < 4.78 is 0. The van der Waals surface area contributed by atoms with Crippen molar-refractivity contribution in [2.24, 2.45) is 0 Å². The highest BCUT2D eigenvalue weighted by Crippen LogP contribution is 2.04. The summed E-state index contributed by atoms with van der Waals surface area (Å²) in [6, 6.07) is 8.92. The molecule has 0 heterocycles. The first-order valence-corrected chi connectivity index (χ1v) is 5.26. The van der Waals surface area contributed by atoms with Crippen LogP contribution in [-0.2, 0) is 4.79 Å². The Morgan fingerprint density at radius 3 is 2.71 bits per heavy atom. The van der Waals surface area contributed by atoms with Crippen LogP contribution in [-0.4, -0.2) is 23.7 Å². The summed E-state index contributed by atoms with van der Waals surface area (Å²) in [4.78, 5) is 11.3. The standard InChI is InChI=1S/C13H14N2O2/c1-10(16)9-15-13(17)7-6-11-2-4-12(8-14)5-3-11/h2-7,10,16H,9H2,1H3,(H,15,17)/b7-6+/t10-/m0/s1. The summed E-state index contributed by atoms with van der Waals surface area (Å²) in [6.45, 7) is 1.83. The van der Waals surface area contributed by atoms with Gasteiger partial charge in [0.2, 0.25) is 5.91 Å². The van der Waals surface area contributed by atoms with Gasteiger partial charge in [-0.05, 0) is 30.7 Å². The van der Waals surface area contributed by atoms with E-state index in [-0.39, 0.29) is 12.5 Å². The van der Waals surface area contributed by atoms with Gasteiger partial charge in [0.1, 0.15) is 0 Å². The first kappa shape index (κ1) is 12.9. The summed E-state index contributed by atoms with van der Waals surface area (Å²) in [5.41, 5.74) is 1.43. The second-order valence-electron chi connectivity index (χ2n) is 3.66. The Labute approximate surface area is 100 Å². The molecular weight excluding hydrogens is 216 g/mol. The largest absolute Gasteiger partial charge is 0.392 e. The molecule has 17 heavy (non-hydrogen) atoms. The van der Waals surface area contributed by atoms with Crippen LogP contribution >= 0.6 is 0 Å². The minimum absolute atomic E-state index is 0.233. The Hall–Kier alpha value is -2.12. The lowest BCUT2D eigenvalue weighted by molar-refractivity contribution is -0.116. The Morgan fingerprint density at radius 2 is 2.18 bits per heavy atom. The highest BCUT2D eigenvalue weighted by molar-refractivity contribution is 5.91. The molecule has 0 saturated heterocycles. The van der Waals surface area contributed by atoms with E-state index in [4.69, 9.17) is 10.4 Å². The van der Waals surface area contributed by atoms with E-state index in [0.717, 1.165) is 5.56 Å². The fourth-order valence-electron chi connectivity index (χ4n) is 1.15. The molecule has 0 aliphatic heterocycles. The Kier molecular flexibility index (Phi) is 4.92. The van der Waals surface area contributed by atoms with Crippen LogP contribution in [0, 0.1) is 11.3 Å². The van der Waals surface area contributed by atoms with E-state index < -0.39 is 6.10 Å². The van der Waals surface area contributed by atoms with E-state index in [1.807, 2.05) is 6.07 Å². The molecule has 0 aromatic heterocycles. The minimum atomic E-state index is -0.553. The van der Waals surface area contributed by atoms with Gasteiger partial charge in [-0.15, -0.1) is 0 Å². The van der Waals surface area contributed by atoms with Gasteiger partial charge >= 0.3 is 0 Å². The SMILES string of the molecule is C[C@H](O)CNC(=O)/C=C/c1ccc(C#N)cc1. The molecule has 0 aliphatic rings. The lowest BCUT2D eigenvalue weighted by Crippen LogP contribution is -2.28. The van der Waals surface area contributed by atoms with Gasteiger partial charge in [-0.2, -0.15) is 5.26 Å². The van der Waals surface area contributed by atoms with Crippen LogP contribution in [0.2, 0.25) is 0 Å². The molecule has 1 atom stereocenters. The third kappa shape index (κ3) is 4.96. The van der Waals surface area contributed by atoms with Crippen molar-refractivity contribution < 1.29 is 9.90 Å². The van der Waals surface area contributed by atoms with E-state index in [0.29, 0.717) is 5.56 Å². The van der Waals surface area contributed by atoms with Crippen LogP contribution < -0.4 is 5.32 Å². The van der Waals surface area contributed by atoms with Crippen LogP contribution in [0.25, 0.3) is 6.08 Å². The van der Waals surface area contributed by atoms with Gasteiger partial charge in [0, 0.05) is 12.6 Å². The monoisotopic (exact) mass is 230 g/mol. The lowest BCUT2D eigenvalue weighted by atomic mass is 10.1. The van der Waals surface area contributed by atoms with Crippen molar-refractivity contribution in [3.63, 3.8) is 0 Å². The molecule has 1 aromatic rings. The third-order valence-corrected chi connectivity index (χ3v) is 2.04. The number of hydrogen-bond donors (Lipinski definition) is 2. The number of aliphatic hydroxyl groups excluding tert-OH is 1. The summed E-state index contributed by atoms with van der Waals surface area (Å²) in [5.74, 6) is -0.254. The van der Waals surface area contributed by atoms with Crippen molar-refractivity contribution in [1.29, 1.82) is 5.26 Å². The van der Waals surface area contributed by atoms with Crippen molar-refractivity contribution in [3.05, 3.63) is 41.5 Å². The van der Waals surface area contributed by atoms with Crippen molar-refractivity contribution in [1.82, 2.24) is 5.32 Å². The quantitative estimate of drug-likeness (QED) is 0.760. The zero-order chi connectivity index (χ0) is 12.7. The van der Waals surface area contributed by atoms with Gasteiger partial charge in [0.25, 0.3) is 0 Å². The van der Waals surface area contributed by atoms with Crippen LogP contribution in [0.1, 0.15) is 18.1 Å². The molecule has 4 heteroatoms. The number of aliphatic hydroxyl groups is 1. The smallest absolute Gasteiger partial charge is 0.244 e. The molecule has 0 bridgehead atoms. The van der Waals surface area contributed by atoms with Gasteiger partial charge in [-0.25, -0.2) is 0 Å². The van der Waals surface area contributed by atoms with Crippen LogP contribution in [0.4, 0.5) is 0 Å². The van der Waals surface area contributed by atoms with E-state index >= 15 is 0 Å². The fraction of sp³-hybridized carbons (Fsp3) is 0.231. The summed E-state index contributed by atoms with van der Waals surface area (Å²) in [6.07, 6.45) is 2.49. The Morgan fingerprint density at radius 1 is 1.53 bits per heavy atom. The number of hydrogen-bond acceptors (Lipinski definition) is 3. The molecule has 2 N–H and O–H groups in total. The van der Waals surface area contributed by atoms with Crippen molar-refractivity contribution in [3.8, 4) is 6.07 Å². The molecule has 0 unspecified atom stereocenters. The minimum Gasteiger partial charge on any atom is -0.392 e. The molecule has 0 aliphatic carbocycles. The van der Waals surface area contributed by atoms with Gasteiger partial charge in [0.05, 0.1) is 17.7 Å². The van der Waals surface area contributed by atoms with Crippen molar-refractivity contribution in [2.75, 3.05) is 6.54 Å². The van der Waals surface area contributed by atoms with Crippen molar-refractivity contribution in [2.45, 2.75) is 13.0 Å². The van der Waals surface area contributed by atoms with Crippen molar-refractivity contribution >= 4 is 12.0 Å². The summed E-state index contributed by atoms with van der Waals surface area (Å²) >= 11 is 0. The van der Waals surface area contributed by atoms with E-state index in [1.165, 1.54) is 6.08 Å². The fourth-order valence-corrected chi connectivity index (χ4v) is 1.15. The lowest BCUT2D eigenvalue weighted by Gasteiger charge is -2.03. The molecule has 88 valence electrons. The average Bonchev–Trinajstić information content (AvgIpc) is 2.34. The summed E-state index contributed by atoms with van der Waals surface area (Å²) in [5, 5.41) is 20.1. The number of rotatable bonds is 4. The molecule has 1 aromatic carbocycles. The Bertz CT molecular complexity index is 441. The Balaban J connectivity index is 2.52. The second-order valence-corrected chi connectivity index (χ2v) is 3.66. The number of nitrogens with zero attached hydrogens (tertiary/aromatic N) is 1. The zero-order valence-corrected chi connectivity index (χ0v) is 9.55. The molecule has 1 amide bonds. The maximum absolute atomic E-state index is 11.3. The first-order chi connectivity index (χ1) is 8.11. The third-order valence-electron chi connectivity index (χ3n) is 2.04. The van der Waals surface area contributed by atoms with E-state index in [9.17, 15) is 4.79 Å². The normalized spacial score (nSPS) is 12.1. The highest BCUT2D eigenvalue weighted by Gasteiger charge is 1.98. The van der Waals surface area contributed by atoms with Gasteiger partial charge in [0.15, 0.2) is 0 Å². The molecule has 0 saturated carbocycles. The molecule has 0 spiro atoms. The van der Waals surface area contributed by atoms with Crippen LogP contribution in [0.15, 0.2) is 30.3 Å². The molecule has 0 fully saturated rings. The highest BCUT2D eigenvalue weighted by atomic mass is 16.3. The number of nitrogens with one attached hydrogen (secondary N) is 1. The van der Waals surface area contributed by atoms with Crippen LogP contribution in [0.5, 0.6) is 0 Å². The number of benzene rings is 1. The first-order valence-electron chi connectivity index (χ1n) is 5.26. The molecule has 1 rings (SSSR count). The predicted molar refractivity (Wildman–Crippen MR) is 64.9 cm³/mol. The number of nitriles is 1. The number of carbonyl (C=O) groups excluding carboxylic acids is 1. The van der Waals surface area contributed by atoms with Gasteiger partial charge < -0.3 is 10.4 Å². The summed E-state index contributed by atoms with van der Waals surface area (Å²) in [7, 11) is 0. The van der Waals surface area contributed by atoms with Gasteiger partial charge in [-0.1, -0.05) is 12.1 Å². The van der Waals surface area contributed by atoms with Gasteiger partial charge in [-0.3, -0.25) is 4.79 Å². The average molecular weight is 230 g/mol. The van der Waals surface area contributed by atoms with E-state index in [2.05, 4.69) is 5.32 Å². The maximum Gasteiger partial charge on any atom is 0.244 e. The number of amides is 1. The molecule has 4 nitrogen and oxygen atoms in total. The molecular formula is C13H14N2O2. The van der Waals surface area contributed by atoms with E-state index in [1.54, 1.807) is 37.3 Å². The van der Waals surface area contributed by atoms with Crippen LogP contribution in [0.3, 0.4) is 0 Å².